The number of nitrogens with one attached hydrogen (secondary N) is 1. The number of benzene rings is 1. The Hall–Kier alpha value is -2.86. The van der Waals surface area contributed by atoms with Crippen LogP contribution in [0.2, 0.25) is 0 Å². The standard InChI is InChI=1S/C22H27N5O3S/c1-16-12-20(27(25-16)11-8-17-6-4-3-5-7-17)26-14-18(31(2,29)30)13-19(26)21(28)24-22(15-23)9-10-22/h3-7,12,18-19H,8-11,13-14H2,1-2H3,(H,24,28)/t18-,19+/m1/s1. The van der Waals surface area contributed by atoms with Gasteiger partial charge in [0.2, 0.25) is 5.91 Å². The van der Waals surface area contributed by atoms with Crippen LogP contribution in [0, 0.1) is 18.3 Å². The molecule has 0 unspecified atom stereocenters. The summed E-state index contributed by atoms with van der Waals surface area (Å²) in [5.41, 5.74) is 1.19. The van der Waals surface area contributed by atoms with Gasteiger partial charge in [-0.1, -0.05) is 30.3 Å². The Balaban J connectivity index is 1.60. The summed E-state index contributed by atoms with van der Waals surface area (Å²) in [7, 11) is -3.32. The van der Waals surface area contributed by atoms with Gasteiger partial charge >= 0.3 is 0 Å². The van der Waals surface area contributed by atoms with Gasteiger partial charge in [-0.25, -0.2) is 13.1 Å². The predicted molar refractivity (Wildman–Crippen MR) is 117 cm³/mol. The van der Waals surface area contributed by atoms with Crippen LogP contribution in [0.1, 0.15) is 30.5 Å². The van der Waals surface area contributed by atoms with E-state index in [0.29, 0.717) is 19.4 Å². The maximum atomic E-state index is 13.1. The van der Waals surface area contributed by atoms with E-state index >= 15 is 0 Å². The van der Waals surface area contributed by atoms with Crippen LogP contribution in [0.15, 0.2) is 36.4 Å². The molecule has 2 heterocycles. The molecule has 1 aromatic carbocycles. The molecule has 0 radical (unpaired) electrons. The minimum atomic E-state index is -3.32. The van der Waals surface area contributed by atoms with Gasteiger partial charge in [-0.05, 0) is 38.2 Å². The molecule has 164 valence electrons. The second-order valence-corrected chi connectivity index (χ2v) is 11.0. The van der Waals surface area contributed by atoms with Crippen LogP contribution < -0.4 is 10.2 Å². The minimum absolute atomic E-state index is 0.203. The maximum Gasteiger partial charge on any atom is 0.244 e. The molecule has 1 aliphatic heterocycles. The average molecular weight is 442 g/mol. The van der Waals surface area contributed by atoms with Crippen LogP contribution >= 0.6 is 0 Å². The topological polar surface area (TPSA) is 108 Å². The molecular weight excluding hydrogens is 414 g/mol. The average Bonchev–Trinajstić information content (AvgIpc) is 3.18. The number of aryl methyl sites for hydroxylation is 3. The fourth-order valence-corrected chi connectivity index (χ4v) is 5.09. The fourth-order valence-electron chi connectivity index (χ4n) is 4.13. The van der Waals surface area contributed by atoms with E-state index in [2.05, 4.69) is 28.6 Å². The van der Waals surface area contributed by atoms with Crippen LogP contribution in [0.3, 0.4) is 0 Å². The molecule has 1 saturated carbocycles. The molecule has 2 aliphatic rings. The number of carbonyl (C=O) groups excluding carboxylic acids is 1. The van der Waals surface area contributed by atoms with E-state index in [4.69, 9.17) is 0 Å². The largest absolute Gasteiger partial charge is 0.343 e. The van der Waals surface area contributed by atoms with Crippen LogP contribution in [0.4, 0.5) is 5.82 Å². The highest BCUT2D eigenvalue weighted by atomic mass is 32.2. The minimum Gasteiger partial charge on any atom is -0.343 e. The molecule has 1 amide bonds. The molecule has 4 rings (SSSR count). The monoisotopic (exact) mass is 441 g/mol. The molecule has 2 fully saturated rings. The van der Waals surface area contributed by atoms with Crippen molar-refractivity contribution in [1.82, 2.24) is 15.1 Å². The first kappa shape index (κ1) is 21.4. The summed E-state index contributed by atoms with van der Waals surface area (Å²) in [4.78, 5) is 14.9. The van der Waals surface area contributed by atoms with E-state index in [9.17, 15) is 18.5 Å². The SMILES string of the molecule is Cc1cc(N2C[C@H](S(C)(=O)=O)C[C@H]2C(=O)NC2(C#N)CC2)n(CCc2ccccc2)n1. The fraction of sp³-hybridized carbons (Fsp3) is 0.500. The number of carbonyl (C=O) groups is 1. The number of nitriles is 1. The summed E-state index contributed by atoms with van der Waals surface area (Å²) in [5, 5.41) is 16.2. The maximum absolute atomic E-state index is 13.1. The number of anilines is 1. The summed E-state index contributed by atoms with van der Waals surface area (Å²) >= 11 is 0. The highest BCUT2D eigenvalue weighted by Crippen LogP contribution is 2.36. The van der Waals surface area contributed by atoms with Crippen molar-refractivity contribution in [2.24, 2.45) is 0 Å². The lowest BCUT2D eigenvalue weighted by Gasteiger charge is -2.27. The second-order valence-electron chi connectivity index (χ2n) is 8.64. The lowest BCUT2D eigenvalue weighted by Crippen LogP contribution is -2.48. The van der Waals surface area contributed by atoms with Crippen LogP contribution in [0.25, 0.3) is 0 Å². The molecule has 2 aromatic rings. The zero-order valence-corrected chi connectivity index (χ0v) is 18.6. The molecule has 1 N–H and O–H groups in total. The first-order valence-electron chi connectivity index (χ1n) is 10.5. The van der Waals surface area contributed by atoms with Crippen molar-refractivity contribution in [3.8, 4) is 6.07 Å². The third-order valence-corrected chi connectivity index (χ3v) is 7.68. The smallest absolute Gasteiger partial charge is 0.244 e. The molecule has 1 saturated heterocycles. The number of hydrogen-bond donors (Lipinski definition) is 1. The van der Waals surface area contributed by atoms with E-state index in [1.165, 1.54) is 11.8 Å². The summed E-state index contributed by atoms with van der Waals surface area (Å²) in [5.74, 6) is 0.445. The Morgan fingerprint density at radius 2 is 2.03 bits per heavy atom. The number of rotatable bonds is 7. The van der Waals surface area contributed by atoms with E-state index in [0.717, 1.165) is 17.9 Å². The normalized spacial score (nSPS) is 22.2. The van der Waals surface area contributed by atoms with E-state index < -0.39 is 26.7 Å². The highest BCUT2D eigenvalue weighted by Gasteiger charge is 2.49. The van der Waals surface area contributed by atoms with Gasteiger partial charge in [0.25, 0.3) is 0 Å². The molecule has 31 heavy (non-hydrogen) atoms. The molecule has 8 nitrogen and oxygen atoms in total. The van der Waals surface area contributed by atoms with Crippen molar-refractivity contribution < 1.29 is 13.2 Å². The summed E-state index contributed by atoms with van der Waals surface area (Å²) in [6, 6.07) is 13.5. The third kappa shape index (κ3) is 4.59. The van der Waals surface area contributed by atoms with Gasteiger partial charge in [0, 0.05) is 25.4 Å². The Morgan fingerprint density at radius 3 is 2.65 bits per heavy atom. The van der Waals surface area contributed by atoms with Crippen LogP contribution in [-0.4, -0.2) is 53.7 Å². The molecule has 0 spiro atoms. The highest BCUT2D eigenvalue weighted by molar-refractivity contribution is 7.91. The van der Waals surface area contributed by atoms with Crippen molar-refractivity contribution in [3.05, 3.63) is 47.7 Å². The molecule has 1 aliphatic carbocycles. The van der Waals surface area contributed by atoms with Gasteiger partial charge in [-0.15, -0.1) is 0 Å². The van der Waals surface area contributed by atoms with Crippen molar-refractivity contribution in [1.29, 1.82) is 5.26 Å². The first-order chi connectivity index (χ1) is 14.7. The van der Waals surface area contributed by atoms with Crippen LogP contribution in [-0.2, 0) is 27.6 Å². The molecule has 0 bridgehead atoms. The van der Waals surface area contributed by atoms with Gasteiger partial charge in [-0.2, -0.15) is 10.4 Å². The van der Waals surface area contributed by atoms with Crippen molar-refractivity contribution in [2.75, 3.05) is 17.7 Å². The Morgan fingerprint density at radius 1 is 1.32 bits per heavy atom. The second kappa shape index (κ2) is 8.00. The zero-order chi connectivity index (χ0) is 22.2. The van der Waals surface area contributed by atoms with E-state index in [1.807, 2.05) is 40.8 Å². The van der Waals surface area contributed by atoms with Crippen molar-refractivity contribution >= 4 is 21.6 Å². The van der Waals surface area contributed by atoms with Gasteiger partial charge in [0.1, 0.15) is 17.4 Å². The van der Waals surface area contributed by atoms with Gasteiger partial charge in [0.05, 0.1) is 17.0 Å². The third-order valence-electron chi connectivity index (χ3n) is 6.13. The van der Waals surface area contributed by atoms with Crippen molar-refractivity contribution in [3.63, 3.8) is 0 Å². The molecule has 2 atom stereocenters. The number of nitrogens with zero attached hydrogens (tertiary/aromatic N) is 4. The van der Waals surface area contributed by atoms with Crippen LogP contribution in [0.5, 0.6) is 0 Å². The number of sulfone groups is 1. The summed E-state index contributed by atoms with van der Waals surface area (Å²) < 4.78 is 26.5. The Bertz CT molecular complexity index is 1120. The summed E-state index contributed by atoms with van der Waals surface area (Å²) in [6.45, 7) is 2.73. The number of hydrogen-bond acceptors (Lipinski definition) is 6. The Kier molecular flexibility index (Phi) is 5.52. The van der Waals surface area contributed by atoms with Gasteiger partial charge < -0.3 is 10.2 Å². The lowest BCUT2D eigenvalue weighted by molar-refractivity contribution is -0.122. The Labute approximate surface area is 182 Å². The zero-order valence-electron chi connectivity index (χ0n) is 17.8. The number of amides is 1. The lowest BCUT2D eigenvalue weighted by atomic mass is 10.1. The molecule has 9 heteroatoms. The summed E-state index contributed by atoms with van der Waals surface area (Å²) in [6.07, 6.45) is 3.45. The molecule has 1 aromatic heterocycles. The number of aromatic nitrogens is 2. The van der Waals surface area contributed by atoms with Gasteiger partial charge in [0.15, 0.2) is 9.84 Å². The van der Waals surface area contributed by atoms with E-state index in [-0.39, 0.29) is 18.9 Å². The van der Waals surface area contributed by atoms with Crippen molar-refractivity contribution in [2.45, 2.75) is 56.0 Å². The first-order valence-corrected chi connectivity index (χ1v) is 12.4. The quantitative estimate of drug-likeness (QED) is 0.699. The molecular formula is C22H27N5O3S. The van der Waals surface area contributed by atoms with E-state index in [1.54, 1.807) is 0 Å². The van der Waals surface area contributed by atoms with Gasteiger partial charge in [-0.3, -0.25) is 4.79 Å². The predicted octanol–water partition coefficient (Wildman–Crippen LogP) is 1.60.